The number of nitrogens with one attached hydrogen (secondary N) is 2. The molecular weight excluding hydrogens is 1160 g/mol. The number of ketones is 1. The van der Waals surface area contributed by atoms with Crippen molar-refractivity contribution in [3.63, 3.8) is 0 Å². The van der Waals surface area contributed by atoms with Crippen molar-refractivity contribution in [2.75, 3.05) is 68.2 Å². The zero-order valence-electron chi connectivity index (χ0n) is 51.9. The number of piperidine rings is 1. The van der Waals surface area contributed by atoms with E-state index in [4.69, 9.17) is 23.7 Å². The van der Waals surface area contributed by atoms with Gasteiger partial charge in [0.2, 0.25) is 35.2 Å². The van der Waals surface area contributed by atoms with Crippen LogP contribution in [0.15, 0.2) is 133 Å². The molecular formula is C68H80N6O16. The highest BCUT2D eigenvalue weighted by molar-refractivity contribution is 6.38. The molecule has 2 aliphatic heterocycles. The summed E-state index contributed by atoms with van der Waals surface area (Å²) < 4.78 is 28.7. The van der Waals surface area contributed by atoms with Crippen LogP contribution in [0, 0.1) is 5.41 Å². The first-order chi connectivity index (χ1) is 43.1. The van der Waals surface area contributed by atoms with Crippen LogP contribution in [0.3, 0.4) is 0 Å². The fourth-order valence-electron chi connectivity index (χ4n) is 10.6. The van der Waals surface area contributed by atoms with E-state index in [1.165, 1.54) is 82.1 Å². The topological polar surface area (TPSA) is 277 Å². The van der Waals surface area contributed by atoms with Crippen molar-refractivity contribution in [2.24, 2.45) is 5.41 Å². The number of hydrogen-bond donors (Lipinski definition) is 4. The Morgan fingerprint density at radius 1 is 0.678 bits per heavy atom. The average molecular weight is 1240 g/mol. The number of phenolic OH excluding ortho intramolecular Hbond substituents is 2. The summed E-state index contributed by atoms with van der Waals surface area (Å²) in [4.78, 5) is 133. The zero-order chi connectivity index (χ0) is 65.1. The lowest BCUT2D eigenvalue weighted by atomic mass is 9.87. The van der Waals surface area contributed by atoms with E-state index in [9.17, 15) is 53.4 Å². The summed E-state index contributed by atoms with van der Waals surface area (Å²) in [5, 5.41) is 27.1. The molecule has 4 N–H and O–H groups in total. The number of ether oxygens (including phenoxy) is 5. The normalized spacial score (nSPS) is 21.0. The summed E-state index contributed by atoms with van der Waals surface area (Å²) in [6.45, 7) is 1.42. The molecule has 7 rings (SSSR count). The van der Waals surface area contributed by atoms with E-state index < -0.39 is 109 Å². The number of nitrogens with zero attached hydrogens (tertiary/aromatic N) is 4. The van der Waals surface area contributed by atoms with Gasteiger partial charge in [-0.1, -0.05) is 97.1 Å². The third-order valence-electron chi connectivity index (χ3n) is 15.9. The van der Waals surface area contributed by atoms with Crippen molar-refractivity contribution in [2.45, 2.75) is 102 Å². The monoisotopic (exact) mass is 1240 g/mol. The molecule has 90 heavy (non-hydrogen) atoms. The van der Waals surface area contributed by atoms with Gasteiger partial charge < -0.3 is 64.1 Å². The van der Waals surface area contributed by atoms with E-state index in [0.29, 0.717) is 35.1 Å². The number of phenols is 2. The molecule has 22 heteroatoms. The number of cyclic esters (lactones) is 2. The minimum atomic E-state index is -1.54. The fraction of sp³-hybridized carbons (Fsp3) is 0.397. The van der Waals surface area contributed by atoms with Gasteiger partial charge in [0.25, 0.3) is 11.8 Å². The molecule has 2 bridgehead atoms. The summed E-state index contributed by atoms with van der Waals surface area (Å²) in [5.74, 6) is -6.40. The number of amides is 6. The second kappa shape index (κ2) is 32.0. The summed E-state index contributed by atoms with van der Waals surface area (Å²) in [5.41, 5.74) is 1.24. The molecule has 6 amide bonds. The van der Waals surface area contributed by atoms with E-state index in [-0.39, 0.29) is 86.8 Å². The summed E-state index contributed by atoms with van der Waals surface area (Å²) >= 11 is 0. The molecule has 2 aliphatic rings. The Bertz CT molecular complexity index is 3380. The number of carbonyl (C=O) groups is 9. The Kier molecular flexibility index (Phi) is 24.1. The lowest BCUT2D eigenvalue weighted by molar-refractivity contribution is -0.165. The minimum absolute atomic E-state index is 0.0209. The van der Waals surface area contributed by atoms with Crippen molar-refractivity contribution in [3.8, 4) is 28.7 Å². The molecule has 5 aromatic carbocycles. The number of Topliss-reactive ketones (excluding diaryl/α,β-unsaturated/α-hetero) is 1. The molecule has 5 atom stereocenters. The van der Waals surface area contributed by atoms with Crippen LogP contribution >= 0.6 is 0 Å². The Labute approximate surface area is 524 Å². The molecule has 1 fully saturated rings. The van der Waals surface area contributed by atoms with Gasteiger partial charge in [0.15, 0.2) is 18.1 Å². The highest BCUT2D eigenvalue weighted by atomic mass is 16.5. The number of aryl methyl sites for hydroxylation is 1. The number of hydrogen-bond acceptors (Lipinski definition) is 16. The van der Waals surface area contributed by atoms with Crippen LogP contribution in [-0.2, 0) is 78.3 Å². The molecule has 478 valence electrons. The van der Waals surface area contributed by atoms with E-state index in [1.807, 2.05) is 6.07 Å². The van der Waals surface area contributed by atoms with Crippen LogP contribution in [-0.4, -0.2) is 175 Å². The predicted molar refractivity (Wildman–Crippen MR) is 331 cm³/mol. The second-order valence-electron chi connectivity index (χ2n) is 23.1. The number of likely N-dealkylation sites (N-methyl/N-ethyl adjacent to an activating group) is 3. The summed E-state index contributed by atoms with van der Waals surface area (Å²) in [6, 6.07) is 28.8. The fourth-order valence-corrected chi connectivity index (χ4v) is 10.6. The average Bonchev–Trinajstić information content (AvgIpc) is 1.14. The molecule has 1 saturated heterocycles. The molecule has 2 heterocycles. The molecule has 0 saturated carbocycles. The van der Waals surface area contributed by atoms with Crippen LogP contribution in [0.4, 0.5) is 0 Å². The van der Waals surface area contributed by atoms with E-state index in [1.54, 1.807) is 103 Å². The first kappa shape index (κ1) is 67.8. The Morgan fingerprint density at radius 2 is 1.32 bits per heavy atom. The van der Waals surface area contributed by atoms with Crippen LogP contribution < -0.4 is 24.8 Å². The van der Waals surface area contributed by atoms with Gasteiger partial charge in [-0.25, -0.2) is 9.59 Å². The van der Waals surface area contributed by atoms with Crippen LogP contribution in [0.25, 0.3) is 0 Å². The molecule has 0 radical (unpaired) electrons. The molecule has 0 spiro atoms. The van der Waals surface area contributed by atoms with Gasteiger partial charge in [0.05, 0.1) is 26.2 Å². The number of fused-ring (bicyclic) bond motifs is 3. The summed E-state index contributed by atoms with van der Waals surface area (Å²) in [6.07, 6.45) is 3.04. The second-order valence-corrected chi connectivity index (χ2v) is 23.1. The SMILES string of the molecule is COc1ccc(CC[C@H]2OC(=O)[C@@H]3CCCCN3C(=O)C(=O)C(C)(C)COC(=O)C=CCCN(C)C(=O)[C@@H](Cc3ccccc3)NC(=O)CN(C)C(=O)[C@@H](Cc3ccccc3)NC(=O)[C@H](Cc3ccc(O)cc3)N(C)C(=O)COc3cccc2c3)c(O)c1OC. The van der Waals surface area contributed by atoms with E-state index in [2.05, 4.69) is 10.6 Å². The third kappa shape index (κ3) is 18.4. The number of aromatic hydroxyl groups is 2. The van der Waals surface area contributed by atoms with Gasteiger partial charge in [-0.3, -0.25) is 33.6 Å². The maximum absolute atomic E-state index is 14.9. The van der Waals surface area contributed by atoms with Crippen molar-refractivity contribution in [1.82, 2.24) is 30.2 Å². The molecule has 5 aromatic rings. The van der Waals surface area contributed by atoms with Gasteiger partial charge >= 0.3 is 11.9 Å². The number of methoxy groups -OCH3 is 2. The van der Waals surface area contributed by atoms with Crippen molar-refractivity contribution in [3.05, 3.63) is 161 Å². The van der Waals surface area contributed by atoms with Gasteiger partial charge in [-0.2, -0.15) is 0 Å². The maximum Gasteiger partial charge on any atom is 0.330 e. The Morgan fingerprint density at radius 3 is 1.98 bits per heavy atom. The van der Waals surface area contributed by atoms with Crippen LogP contribution in [0.5, 0.6) is 28.7 Å². The minimum Gasteiger partial charge on any atom is -0.508 e. The van der Waals surface area contributed by atoms with Crippen molar-refractivity contribution in [1.29, 1.82) is 0 Å². The first-order valence-electron chi connectivity index (χ1n) is 29.8. The molecule has 0 aromatic heterocycles. The molecule has 0 aliphatic carbocycles. The smallest absolute Gasteiger partial charge is 0.330 e. The lowest BCUT2D eigenvalue weighted by Gasteiger charge is -2.36. The standard InChI is InChI=1S/C68H80N6O16/c1-68(2)43-89-59(78)26-15-16-35-71(3)64(82)51(37-44-19-10-8-11-20-44)69-57(76)41-72(4)65(83)52(38-45-21-12-9-13-22-45)70-63(81)54(39-46-27-31-49(75)32-28-46)73(5)58(77)42-88-50-24-18-23-48(40-50)55(33-29-47-30-34-56(86-6)61(87-7)60(47)79)90-67(85)53-25-14-17-36-74(53)66(84)62(68)80/h8-13,15,18-24,26-28,30-32,34,40,51-55,75,79H,14,16-17,25,29,33,35-39,41-43H2,1-7H3,(H,69,76)(H,70,81)/t51-,52-,53+,54+,55-/m1/s1. The van der Waals surface area contributed by atoms with Crippen LogP contribution in [0.2, 0.25) is 0 Å². The van der Waals surface area contributed by atoms with Gasteiger partial charge in [-0.05, 0) is 111 Å². The predicted octanol–water partition coefficient (Wildman–Crippen LogP) is 5.63. The number of rotatable bonds is 11. The van der Waals surface area contributed by atoms with Gasteiger partial charge in [0.1, 0.15) is 48.4 Å². The Hall–Kier alpha value is -9.73. The number of carbonyl (C=O) groups excluding carboxylic acids is 9. The highest BCUT2D eigenvalue weighted by Gasteiger charge is 2.43. The number of esters is 2. The van der Waals surface area contributed by atoms with Crippen LogP contribution in [0.1, 0.15) is 79.9 Å². The van der Waals surface area contributed by atoms with E-state index >= 15 is 0 Å². The van der Waals surface area contributed by atoms with Crippen molar-refractivity contribution < 1.29 is 77.0 Å². The Balaban J connectivity index is 1.22. The zero-order valence-corrected chi connectivity index (χ0v) is 51.9. The largest absolute Gasteiger partial charge is 0.508 e. The third-order valence-corrected chi connectivity index (χ3v) is 15.9. The maximum atomic E-state index is 14.9. The van der Waals surface area contributed by atoms with Gasteiger partial charge in [-0.15, -0.1) is 0 Å². The molecule has 0 unspecified atom stereocenters. The van der Waals surface area contributed by atoms with E-state index in [0.717, 1.165) is 16.5 Å². The number of benzene rings is 5. The molecule has 22 nitrogen and oxygen atoms in total. The quantitative estimate of drug-likeness (QED) is 0.0921. The van der Waals surface area contributed by atoms with Gasteiger partial charge in [0, 0.05) is 59.6 Å². The highest BCUT2D eigenvalue weighted by Crippen LogP contribution is 2.40. The first-order valence-corrected chi connectivity index (χ1v) is 29.8. The summed E-state index contributed by atoms with van der Waals surface area (Å²) in [7, 11) is 7.15. The lowest BCUT2D eigenvalue weighted by Crippen LogP contribution is -2.57. The van der Waals surface area contributed by atoms with Crippen molar-refractivity contribution >= 4 is 53.2 Å².